The summed E-state index contributed by atoms with van der Waals surface area (Å²) in [5.74, 6) is 0.180. The van der Waals surface area contributed by atoms with Crippen LogP contribution >= 0.6 is 11.8 Å². The number of nitrogens with zero attached hydrogens (tertiary/aromatic N) is 1. The molecule has 0 saturated heterocycles. The first-order valence-corrected chi connectivity index (χ1v) is 6.54. The summed E-state index contributed by atoms with van der Waals surface area (Å²) in [5.41, 5.74) is 1.18. The second-order valence-electron chi connectivity index (χ2n) is 3.44. The lowest BCUT2D eigenvalue weighted by Gasteiger charge is -2.06. The van der Waals surface area contributed by atoms with Crippen LogP contribution in [-0.4, -0.2) is 22.8 Å². The second kappa shape index (κ2) is 6.24. The van der Waals surface area contributed by atoms with Crippen molar-refractivity contribution >= 4 is 29.0 Å². The number of thioether (sulfide) groups is 1. The van der Waals surface area contributed by atoms with Crippen molar-refractivity contribution in [3.8, 4) is 0 Å². The molecule has 0 heterocycles. The largest absolute Gasteiger partial charge is 0.325 e. The van der Waals surface area contributed by atoms with Crippen LogP contribution in [0.4, 0.5) is 11.4 Å². The van der Waals surface area contributed by atoms with Crippen LogP contribution < -0.4 is 5.32 Å². The van der Waals surface area contributed by atoms with Crippen molar-refractivity contribution in [1.82, 2.24) is 0 Å². The van der Waals surface area contributed by atoms with E-state index in [-0.39, 0.29) is 11.6 Å². The van der Waals surface area contributed by atoms with E-state index < -0.39 is 4.92 Å². The van der Waals surface area contributed by atoms with Crippen molar-refractivity contribution in [2.45, 2.75) is 13.3 Å². The number of nitrogens with one attached hydrogen (secondary N) is 1. The van der Waals surface area contributed by atoms with Crippen LogP contribution in [0.5, 0.6) is 0 Å². The van der Waals surface area contributed by atoms with Gasteiger partial charge in [-0.2, -0.15) is 11.8 Å². The molecule has 0 aromatic heterocycles. The molecule has 17 heavy (non-hydrogen) atoms. The van der Waals surface area contributed by atoms with Gasteiger partial charge in [-0.05, 0) is 18.7 Å². The number of benzene rings is 1. The third kappa shape index (κ3) is 3.74. The highest BCUT2D eigenvalue weighted by Gasteiger charge is 2.13. The van der Waals surface area contributed by atoms with Crippen LogP contribution in [0.25, 0.3) is 0 Å². The molecular weight excluding hydrogens is 240 g/mol. The zero-order valence-corrected chi connectivity index (χ0v) is 10.5. The van der Waals surface area contributed by atoms with Gasteiger partial charge in [0.1, 0.15) is 0 Å². The summed E-state index contributed by atoms with van der Waals surface area (Å²) in [6, 6.07) is 4.76. The Balaban J connectivity index is 2.92. The van der Waals surface area contributed by atoms with Crippen LogP contribution in [0.3, 0.4) is 0 Å². The Morgan fingerprint density at radius 3 is 2.76 bits per heavy atom. The fourth-order valence-corrected chi connectivity index (χ4v) is 1.77. The summed E-state index contributed by atoms with van der Waals surface area (Å²) in [6.45, 7) is 1.86. The summed E-state index contributed by atoms with van der Waals surface area (Å²) in [4.78, 5) is 21.8. The summed E-state index contributed by atoms with van der Waals surface area (Å²) in [5, 5.41) is 13.5. The SMILES string of the molecule is CCc1ccc(NC(=O)CSC)cc1[N+](=O)[O-]. The van der Waals surface area contributed by atoms with Gasteiger partial charge in [-0.1, -0.05) is 13.0 Å². The molecule has 0 aliphatic heterocycles. The lowest BCUT2D eigenvalue weighted by molar-refractivity contribution is -0.385. The lowest BCUT2D eigenvalue weighted by Crippen LogP contribution is -2.14. The van der Waals surface area contributed by atoms with E-state index in [0.717, 1.165) is 0 Å². The molecule has 0 aliphatic rings. The van der Waals surface area contributed by atoms with Gasteiger partial charge in [0.2, 0.25) is 5.91 Å². The Morgan fingerprint density at radius 1 is 1.53 bits per heavy atom. The maximum absolute atomic E-state index is 11.3. The number of carbonyl (C=O) groups is 1. The van der Waals surface area contributed by atoms with Gasteiger partial charge in [0, 0.05) is 17.3 Å². The molecular formula is C11H14N2O3S. The van der Waals surface area contributed by atoms with Crippen molar-refractivity contribution in [3.63, 3.8) is 0 Å². The normalized spacial score (nSPS) is 10.0. The van der Waals surface area contributed by atoms with Gasteiger partial charge in [0.15, 0.2) is 0 Å². The van der Waals surface area contributed by atoms with Gasteiger partial charge < -0.3 is 5.32 Å². The molecule has 1 amide bonds. The van der Waals surface area contributed by atoms with Crippen molar-refractivity contribution in [2.24, 2.45) is 0 Å². The Morgan fingerprint density at radius 2 is 2.24 bits per heavy atom. The molecule has 1 aromatic carbocycles. The second-order valence-corrected chi connectivity index (χ2v) is 4.30. The monoisotopic (exact) mass is 254 g/mol. The van der Waals surface area contributed by atoms with Crippen molar-refractivity contribution in [3.05, 3.63) is 33.9 Å². The summed E-state index contributed by atoms with van der Waals surface area (Å²) >= 11 is 1.40. The third-order valence-corrected chi connectivity index (χ3v) is 2.77. The number of amides is 1. The van der Waals surface area contributed by atoms with Crippen molar-refractivity contribution < 1.29 is 9.72 Å². The van der Waals surface area contributed by atoms with E-state index >= 15 is 0 Å². The Hall–Kier alpha value is -1.56. The minimum atomic E-state index is -0.428. The van der Waals surface area contributed by atoms with Crippen molar-refractivity contribution in [2.75, 3.05) is 17.3 Å². The van der Waals surface area contributed by atoms with E-state index in [9.17, 15) is 14.9 Å². The average molecular weight is 254 g/mol. The standard InChI is InChI=1S/C11H14N2O3S/c1-3-8-4-5-9(6-10(8)13(15)16)12-11(14)7-17-2/h4-6H,3,7H2,1-2H3,(H,12,14). The maximum atomic E-state index is 11.3. The van der Waals surface area contributed by atoms with Gasteiger partial charge in [0.25, 0.3) is 5.69 Å². The number of rotatable bonds is 5. The van der Waals surface area contributed by atoms with Gasteiger partial charge in [-0.3, -0.25) is 14.9 Å². The lowest BCUT2D eigenvalue weighted by atomic mass is 10.1. The number of carbonyl (C=O) groups excluding carboxylic acids is 1. The van der Waals surface area contributed by atoms with E-state index in [4.69, 9.17) is 0 Å². The number of nitro groups is 1. The number of nitro benzene ring substituents is 1. The molecule has 5 nitrogen and oxygen atoms in total. The van der Waals surface area contributed by atoms with Gasteiger partial charge in [-0.15, -0.1) is 0 Å². The molecule has 1 rings (SSSR count). The molecule has 6 heteroatoms. The Kier molecular flexibility index (Phi) is 4.96. The summed E-state index contributed by atoms with van der Waals surface area (Å²) in [6.07, 6.45) is 2.41. The molecule has 0 radical (unpaired) electrons. The first kappa shape index (κ1) is 13.5. The minimum Gasteiger partial charge on any atom is -0.325 e. The van der Waals surface area contributed by atoms with Gasteiger partial charge in [0.05, 0.1) is 10.7 Å². The highest BCUT2D eigenvalue weighted by Crippen LogP contribution is 2.23. The zero-order chi connectivity index (χ0) is 12.8. The van der Waals surface area contributed by atoms with E-state index in [1.165, 1.54) is 17.8 Å². The number of hydrogen-bond donors (Lipinski definition) is 1. The Labute approximate surface area is 104 Å². The summed E-state index contributed by atoms with van der Waals surface area (Å²) < 4.78 is 0. The molecule has 0 fully saturated rings. The van der Waals surface area contributed by atoms with Gasteiger partial charge in [-0.25, -0.2) is 0 Å². The molecule has 1 N–H and O–H groups in total. The van der Waals surface area contributed by atoms with Gasteiger partial charge >= 0.3 is 0 Å². The number of aryl methyl sites for hydroxylation is 1. The van der Waals surface area contributed by atoms with E-state index in [2.05, 4.69) is 5.32 Å². The predicted octanol–water partition coefficient (Wildman–Crippen LogP) is 2.46. The van der Waals surface area contributed by atoms with E-state index in [1.807, 2.05) is 13.2 Å². The van der Waals surface area contributed by atoms with Crippen LogP contribution in [0.15, 0.2) is 18.2 Å². The highest BCUT2D eigenvalue weighted by molar-refractivity contribution is 7.99. The Bertz CT molecular complexity index is 435. The maximum Gasteiger partial charge on any atom is 0.274 e. The van der Waals surface area contributed by atoms with Crippen molar-refractivity contribution in [1.29, 1.82) is 0 Å². The summed E-state index contributed by atoms with van der Waals surface area (Å²) in [7, 11) is 0. The van der Waals surface area contributed by atoms with E-state index in [1.54, 1.807) is 12.1 Å². The zero-order valence-electron chi connectivity index (χ0n) is 9.73. The predicted molar refractivity (Wildman–Crippen MR) is 69.5 cm³/mol. The number of anilines is 1. The molecule has 0 atom stereocenters. The smallest absolute Gasteiger partial charge is 0.274 e. The highest BCUT2D eigenvalue weighted by atomic mass is 32.2. The van der Waals surface area contributed by atoms with Crippen LogP contribution in [0.1, 0.15) is 12.5 Å². The molecule has 1 aromatic rings. The fourth-order valence-electron chi connectivity index (χ4n) is 1.44. The fraction of sp³-hybridized carbons (Fsp3) is 0.364. The van der Waals surface area contributed by atoms with Crippen LogP contribution in [0.2, 0.25) is 0 Å². The van der Waals surface area contributed by atoms with Crippen LogP contribution in [-0.2, 0) is 11.2 Å². The first-order chi connectivity index (χ1) is 8.08. The molecule has 0 unspecified atom stereocenters. The van der Waals surface area contributed by atoms with Crippen LogP contribution in [0, 0.1) is 10.1 Å². The van der Waals surface area contributed by atoms with E-state index in [0.29, 0.717) is 23.4 Å². The molecule has 0 saturated carbocycles. The molecule has 92 valence electrons. The topological polar surface area (TPSA) is 72.2 Å². The third-order valence-electron chi connectivity index (χ3n) is 2.22. The molecule has 0 bridgehead atoms. The first-order valence-electron chi connectivity index (χ1n) is 5.14. The molecule has 0 aliphatic carbocycles. The molecule has 0 spiro atoms. The quantitative estimate of drug-likeness (QED) is 0.647. The average Bonchev–Trinajstić information content (AvgIpc) is 2.29. The minimum absolute atomic E-state index is 0.0504. The number of hydrogen-bond acceptors (Lipinski definition) is 4.